The fourth-order valence-corrected chi connectivity index (χ4v) is 3.39. The van der Waals surface area contributed by atoms with Gasteiger partial charge in [-0.2, -0.15) is 0 Å². The van der Waals surface area contributed by atoms with Crippen molar-refractivity contribution < 1.29 is 0 Å². The summed E-state index contributed by atoms with van der Waals surface area (Å²) in [5, 5.41) is 3.72. The quantitative estimate of drug-likeness (QED) is 0.877. The summed E-state index contributed by atoms with van der Waals surface area (Å²) in [6.45, 7) is 3.23. The second kappa shape index (κ2) is 7.25. The van der Waals surface area contributed by atoms with Crippen LogP contribution in [0.4, 0.5) is 0 Å². The number of pyridine rings is 1. The van der Waals surface area contributed by atoms with Crippen molar-refractivity contribution in [2.24, 2.45) is 5.92 Å². The molecule has 18 heavy (non-hydrogen) atoms. The van der Waals surface area contributed by atoms with Crippen molar-refractivity contribution in [2.75, 3.05) is 0 Å². The topological polar surface area (TPSA) is 24.9 Å². The lowest BCUT2D eigenvalue weighted by atomic mass is 9.83. The molecule has 1 atom stereocenters. The van der Waals surface area contributed by atoms with Crippen LogP contribution in [0.15, 0.2) is 22.9 Å². The van der Waals surface area contributed by atoms with E-state index in [0.29, 0.717) is 6.04 Å². The van der Waals surface area contributed by atoms with Crippen LogP contribution in [0.3, 0.4) is 0 Å². The zero-order chi connectivity index (χ0) is 12.8. The molecule has 1 aliphatic carbocycles. The van der Waals surface area contributed by atoms with Crippen LogP contribution in [-0.2, 0) is 6.54 Å². The maximum Gasteiger partial charge on any atom is 0.0410 e. The van der Waals surface area contributed by atoms with E-state index >= 15 is 0 Å². The largest absolute Gasteiger partial charge is 0.310 e. The molecule has 0 bridgehead atoms. The fourth-order valence-electron chi connectivity index (χ4n) is 2.98. The minimum absolute atomic E-state index is 0.671. The number of aromatic nitrogens is 1. The smallest absolute Gasteiger partial charge is 0.0410 e. The molecule has 1 fully saturated rings. The maximum absolute atomic E-state index is 4.21. The van der Waals surface area contributed by atoms with Gasteiger partial charge in [-0.1, -0.05) is 26.2 Å². The van der Waals surface area contributed by atoms with Gasteiger partial charge in [0, 0.05) is 29.5 Å². The summed E-state index contributed by atoms with van der Waals surface area (Å²) in [6, 6.07) is 2.82. The Kier molecular flexibility index (Phi) is 5.64. The monoisotopic (exact) mass is 310 g/mol. The summed E-state index contributed by atoms with van der Waals surface area (Å²) in [4.78, 5) is 4.21. The van der Waals surface area contributed by atoms with E-state index in [2.05, 4.69) is 39.2 Å². The number of rotatable bonds is 5. The molecule has 2 rings (SSSR count). The van der Waals surface area contributed by atoms with Crippen molar-refractivity contribution in [3.63, 3.8) is 0 Å². The van der Waals surface area contributed by atoms with Gasteiger partial charge in [0.05, 0.1) is 0 Å². The Morgan fingerprint density at radius 2 is 2.11 bits per heavy atom. The summed E-state index contributed by atoms with van der Waals surface area (Å²) in [5.74, 6) is 0.879. The van der Waals surface area contributed by atoms with Gasteiger partial charge in [0.1, 0.15) is 0 Å². The third kappa shape index (κ3) is 4.06. The van der Waals surface area contributed by atoms with Crippen LogP contribution in [0.25, 0.3) is 0 Å². The van der Waals surface area contributed by atoms with Crippen LogP contribution in [0.5, 0.6) is 0 Å². The summed E-state index contributed by atoms with van der Waals surface area (Å²) >= 11 is 3.47. The van der Waals surface area contributed by atoms with Crippen molar-refractivity contribution in [3.05, 3.63) is 28.5 Å². The first-order valence-electron chi connectivity index (χ1n) is 7.12. The van der Waals surface area contributed by atoms with Crippen molar-refractivity contribution in [3.8, 4) is 0 Å². The van der Waals surface area contributed by atoms with Gasteiger partial charge in [-0.05, 0) is 52.7 Å². The van der Waals surface area contributed by atoms with Crippen LogP contribution >= 0.6 is 15.9 Å². The minimum atomic E-state index is 0.671. The standard InChI is InChI=1S/C15H23BrN2/c1-2-15(13-6-4-3-5-7-13)18-10-12-8-14(16)11-17-9-12/h8-9,11,13,15,18H,2-7,10H2,1H3. The highest BCUT2D eigenvalue weighted by molar-refractivity contribution is 9.10. The molecule has 0 radical (unpaired) electrons. The number of nitrogens with zero attached hydrogens (tertiary/aromatic N) is 1. The first kappa shape index (κ1) is 14.0. The van der Waals surface area contributed by atoms with Crippen molar-refractivity contribution in [2.45, 2.75) is 58.0 Å². The molecule has 0 aliphatic heterocycles. The van der Waals surface area contributed by atoms with Crippen molar-refractivity contribution >= 4 is 15.9 Å². The number of hydrogen-bond donors (Lipinski definition) is 1. The second-order valence-electron chi connectivity index (χ2n) is 5.31. The van der Waals surface area contributed by atoms with Gasteiger partial charge < -0.3 is 5.32 Å². The average Bonchev–Trinajstić information content (AvgIpc) is 2.41. The first-order chi connectivity index (χ1) is 8.79. The average molecular weight is 311 g/mol. The Balaban J connectivity index is 1.86. The number of hydrogen-bond acceptors (Lipinski definition) is 2. The fraction of sp³-hybridized carbons (Fsp3) is 0.667. The summed E-state index contributed by atoms with van der Waals surface area (Å²) in [6.07, 6.45) is 12.1. The Hall–Kier alpha value is -0.410. The number of nitrogens with one attached hydrogen (secondary N) is 1. The lowest BCUT2D eigenvalue weighted by Crippen LogP contribution is -2.36. The maximum atomic E-state index is 4.21. The van der Waals surface area contributed by atoms with Crippen molar-refractivity contribution in [1.29, 1.82) is 0 Å². The lowest BCUT2D eigenvalue weighted by molar-refractivity contribution is 0.261. The molecule has 1 aliphatic rings. The predicted molar refractivity (Wildman–Crippen MR) is 79.4 cm³/mol. The molecule has 1 saturated carbocycles. The molecule has 100 valence electrons. The minimum Gasteiger partial charge on any atom is -0.310 e. The number of halogens is 1. The first-order valence-corrected chi connectivity index (χ1v) is 7.91. The van der Waals surface area contributed by atoms with E-state index < -0.39 is 0 Å². The molecule has 1 heterocycles. The molecule has 1 aromatic heterocycles. The van der Waals surface area contributed by atoms with E-state index in [4.69, 9.17) is 0 Å². The van der Waals surface area contributed by atoms with E-state index in [0.717, 1.165) is 16.9 Å². The van der Waals surface area contributed by atoms with Gasteiger partial charge in [0.25, 0.3) is 0 Å². The second-order valence-corrected chi connectivity index (χ2v) is 6.22. The van der Waals surface area contributed by atoms with Crippen LogP contribution in [-0.4, -0.2) is 11.0 Å². The molecule has 0 amide bonds. The Morgan fingerprint density at radius 3 is 2.78 bits per heavy atom. The van der Waals surface area contributed by atoms with E-state index in [9.17, 15) is 0 Å². The van der Waals surface area contributed by atoms with Gasteiger partial charge in [-0.3, -0.25) is 4.98 Å². The SMILES string of the molecule is CCC(NCc1cncc(Br)c1)C1CCCCC1. The van der Waals surface area contributed by atoms with E-state index in [1.165, 1.54) is 44.1 Å². The third-order valence-corrected chi connectivity index (χ3v) is 4.42. The molecular weight excluding hydrogens is 288 g/mol. The molecule has 0 aromatic carbocycles. The van der Waals surface area contributed by atoms with Gasteiger partial charge in [0.15, 0.2) is 0 Å². The van der Waals surface area contributed by atoms with E-state index in [1.807, 2.05) is 12.4 Å². The molecular formula is C15H23BrN2. The van der Waals surface area contributed by atoms with E-state index in [1.54, 1.807) is 0 Å². The summed E-state index contributed by atoms with van der Waals surface area (Å²) in [5.41, 5.74) is 1.26. The Labute approximate surface area is 119 Å². The molecule has 0 spiro atoms. The van der Waals surface area contributed by atoms with E-state index in [-0.39, 0.29) is 0 Å². The highest BCUT2D eigenvalue weighted by atomic mass is 79.9. The highest BCUT2D eigenvalue weighted by Gasteiger charge is 2.21. The molecule has 3 heteroatoms. The normalized spacial score (nSPS) is 18.8. The van der Waals surface area contributed by atoms with Crippen LogP contribution in [0.2, 0.25) is 0 Å². The Bertz CT molecular complexity index is 361. The summed E-state index contributed by atoms with van der Waals surface area (Å²) in [7, 11) is 0. The lowest BCUT2D eigenvalue weighted by Gasteiger charge is -2.30. The summed E-state index contributed by atoms with van der Waals surface area (Å²) < 4.78 is 1.06. The van der Waals surface area contributed by atoms with Crippen molar-refractivity contribution in [1.82, 2.24) is 10.3 Å². The zero-order valence-corrected chi connectivity index (χ0v) is 12.7. The molecule has 2 nitrogen and oxygen atoms in total. The molecule has 1 aromatic rings. The molecule has 1 N–H and O–H groups in total. The van der Waals surface area contributed by atoms with Crippen LogP contribution in [0.1, 0.15) is 51.0 Å². The van der Waals surface area contributed by atoms with Gasteiger partial charge in [-0.15, -0.1) is 0 Å². The molecule has 1 unspecified atom stereocenters. The Morgan fingerprint density at radius 1 is 1.33 bits per heavy atom. The van der Waals surface area contributed by atoms with Crippen LogP contribution < -0.4 is 5.32 Å². The van der Waals surface area contributed by atoms with Gasteiger partial charge >= 0.3 is 0 Å². The van der Waals surface area contributed by atoms with Gasteiger partial charge in [-0.25, -0.2) is 0 Å². The predicted octanol–water partition coefficient (Wildman–Crippen LogP) is 4.29. The van der Waals surface area contributed by atoms with Gasteiger partial charge in [0.2, 0.25) is 0 Å². The van der Waals surface area contributed by atoms with Crippen LogP contribution in [0, 0.1) is 5.92 Å². The highest BCUT2D eigenvalue weighted by Crippen LogP contribution is 2.27. The zero-order valence-electron chi connectivity index (χ0n) is 11.2. The molecule has 0 saturated heterocycles. The third-order valence-electron chi connectivity index (χ3n) is 3.99.